The maximum Gasteiger partial charge on any atom is 0.417 e. The Morgan fingerprint density at radius 2 is 1.75 bits per heavy atom. The van der Waals surface area contributed by atoms with Crippen molar-refractivity contribution < 1.29 is 23.0 Å². The second-order valence-electron chi connectivity index (χ2n) is 3.92. The molecule has 0 spiro atoms. The van der Waals surface area contributed by atoms with Gasteiger partial charge in [-0.05, 0) is 30.3 Å². The monoisotopic (exact) mass is 279 g/mol. The van der Waals surface area contributed by atoms with E-state index < -0.39 is 17.3 Å². The Labute approximate surface area is 112 Å². The minimum absolute atomic E-state index is 0.0325. The van der Waals surface area contributed by atoms with E-state index >= 15 is 0 Å². The molecule has 6 heteroatoms. The van der Waals surface area contributed by atoms with Crippen LogP contribution in [0.15, 0.2) is 42.5 Å². The summed E-state index contributed by atoms with van der Waals surface area (Å²) in [6.45, 7) is 0. The first-order valence-electron chi connectivity index (χ1n) is 5.48. The highest BCUT2D eigenvalue weighted by Gasteiger charge is 2.33. The van der Waals surface area contributed by atoms with Gasteiger partial charge >= 0.3 is 6.18 Å². The lowest BCUT2D eigenvalue weighted by Crippen LogP contribution is -2.07. The Bertz CT molecular complexity index is 675. The van der Waals surface area contributed by atoms with Crippen LogP contribution in [0, 0.1) is 11.3 Å². The third kappa shape index (κ3) is 3.01. The number of alkyl halides is 3. The molecule has 2 aromatic carbocycles. The molecular formula is C14H8F3NO2. The summed E-state index contributed by atoms with van der Waals surface area (Å²) < 4.78 is 43.2. The Morgan fingerprint density at radius 1 is 1.05 bits per heavy atom. The third-order valence-corrected chi connectivity index (χ3v) is 2.47. The number of hydrogen-bond donors (Lipinski definition) is 1. The van der Waals surface area contributed by atoms with E-state index in [0.717, 1.165) is 18.2 Å². The van der Waals surface area contributed by atoms with Crippen molar-refractivity contribution in [2.75, 3.05) is 0 Å². The van der Waals surface area contributed by atoms with Crippen molar-refractivity contribution in [3.05, 3.63) is 53.6 Å². The van der Waals surface area contributed by atoms with Crippen LogP contribution < -0.4 is 4.74 Å². The summed E-state index contributed by atoms with van der Waals surface area (Å²) in [6.07, 6.45) is -4.59. The molecule has 0 bridgehead atoms. The number of phenols is 1. The lowest BCUT2D eigenvalue weighted by atomic mass is 10.1. The van der Waals surface area contributed by atoms with E-state index in [1.165, 1.54) is 30.3 Å². The van der Waals surface area contributed by atoms with E-state index in [-0.39, 0.29) is 17.2 Å². The summed E-state index contributed by atoms with van der Waals surface area (Å²) in [4.78, 5) is 0. The lowest BCUT2D eigenvalue weighted by molar-refractivity contribution is -0.137. The molecule has 3 nitrogen and oxygen atoms in total. The van der Waals surface area contributed by atoms with Crippen molar-refractivity contribution >= 4 is 0 Å². The quantitative estimate of drug-likeness (QED) is 0.901. The van der Waals surface area contributed by atoms with Crippen LogP contribution in [0.1, 0.15) is 11.1 Å². The highest BCUT2D eigenvalue weighted by molar-refractivity contribution is 5.46. The summed E-state index contributed by atoms with van der Waals surface area (Å²) in [5.74, 6) is 0.309. The number of rotatable bonds is 2. The van der Waals surface area contributed by atoms with Crippen LogP contribution in [0.2, 0.25) is 0 Å². The number of hydrogen-bond acceptors (Lipinski definition) is 3. The zero-order valence-corrected chi connectivity index (χ0v) is 9.98. The minimum atomic E-state index is -4.59. The number of halogens is 3. The molecule has 102 valence electrons. The molecule has 0 amide bonds. The summed E-state index contributed by atoms with van der Waals surface area (Å²) in [5.41, 5.74) is -1.53. The van der Waals surface area contributed by atoms with Crippen molar-refractivity contribution in [3.8, 4) is 23.3 Å². The van der Waals surface area contributed by atoms with Gasteiger partial charge < -0.3 is 9.84 Å². The molecule has 0 aliphatic rings. The highest BCUT2D eigenvalue weighted by Crippen LogP contribution is 2.34. The van der Waals surface area contributed by atoms with Gasteiger partial charge in [0, 0.05) is 6.07 Å². The molecule has 0 aliphatic heterocycles. The van der Waals surface area contributed by atoms with Crippen molar-refractivity contribution in [2.24, 2.45) is 0 Å². The molecule has 0 atom stereocenters. The SMILES string of the molecule is N#Cc1cc(Oc2cccc(O)c2)ccc1C(F)(F)F. The first-order valence-corrected chi connectivity index (χ1v) is 5.48. The average molecular weight is 279 g/mol. The number of phenolic OH excluding ortho intramolecular Hbond substituents is 1. The van der Waals surface area contributed by atoms with Gasteiger partial charge in [0.1, 0.15) is 17.2 Å². The van der Waals surface area contributed by atoms with Gasteiger partial charge in [0.15, 0.2) is 0 Å². The maximum absolute atomic E-state index is 12.6. The fourth-order valence-electron chi connectivity index (χ4n) is 1.61. The van der Waals surface area contributed by atoms with Crippen molar-refractivity contribution in [1.82, 2.24) is 0 Å². The smallest absolute Gasteiger partial charge is 0.417 e. The normalized spacial score (nSPS) is 10.9. The van der Waals surface area contributed by atoms with Gasteiger partial charge in [-0.15, -0.1) is 0 Å². The number of benzene rings is 2. The first kappa shape index (κ1) is 13.7. The second kappa shape index (κ2) is 5.13. The number of nitriles is 1. The van der Waals surface area contributed by atoms with E-state index in [1.807, 2.05) is 0 Å². The van der Waals surface area contributed by atoms with Gasteiger partial charge in [0.05, 0.1) is 17.2 Å². The van der Waals surface area contributed by atoms with Crippen molar-refractivity contribution in [3.63, 3.8) is 0 Å². The minimum Gasteiger partial charge on any atom is -0.508 e. The summed E-state index contributed by atoms with van der Waals surface area (Å²) in [6, 6.07) is 10.2. The molecule has 1 N–H and O–H groups in total. The number of aromatic hydroxyl groups is 1. The zero-order chi connectivity index (χ0) is 14.8. The molecular weight excluding hydrogens is 271 g/mol. The van der Waals surface area contributed by atoms with Crippen LogP contribution >= 0.6 is 0 Å². The van der Waals surface area contributed by atoms with Crippen molar-refractivity contribution in [1.29, 1.82) is 5.26 Å². The second-order valence-corrected chi connectivity index (χ2v) is 3.92. The summed E-state index contributed by atoms with van der Waals surface area (Å²) in [7, 11) is 0. The van der Waals surface area contributed by atoms with Gasteiger partial charge in [-0.3, -0.25) is 0 Å². The van der Waals surface area contributed by atoms with Gasteiger partial charge in [-0.25, -0.2) is 0 Å². The summed E-state index contributed by atoms with van der Waals surface area (Å²) >= 11 is 0. The Balaban J connectivity index is 2.34. The molecule has 0 radical (unpaired) electrons. The standard InChI is InChI=1S/C14H8F3NO2/c15-14(16,17)13-5-4-12(6-9(13)8-18)20-11-3-1-2-10(19)7-11/h1-7,19H. The predicted octanol–water partition coefficient (Wildman–Crippen LogP) is 4.07. The van der Waals surface area contributed by atoms with Crippen LogP contribution in [0.4, 0.5) is 13.2 Å². The molecule has 2 rings (SSSR count). The van der Waals surface area contributed by atoms with Gasteiger partial charge in [-0.1, -0.05) is 6.07 Å². The van der Waals surface area contributed by atoms with E-state index in [9.17, 15) is 18.3 Å². The van der Waals surface area contributed by atoms with E-state index in [2.05, 4.69) is 0 Å². The van der Waals surface area contributed by atoms with Crippen LogP contribution in [0.3, 0.4) is 0 Å². The fourth-order valence-corrected chi connectivity index (χ4v) is 1.61. The molecule has 0 saturated heterocycles. The molecule has 0 fully saturated rings. The highest BCUT2D eigenvalue weighted by atomic mass is 19.4. The van der Waals surface area contributed by atoms with Crippen molar-refractivity contribution in [2.45, 2.75) is 6.18 Å². The van der Waals surface area contributed by atoms with Crippen LogP contribution in [-0.4, -0.2) is 5.11 Å². The topological polar surface area (TPSA) is 53.2 Å². The Hall–Kier alpha value is -2.68. The maximum atomic E-state index is 12.6. The number of nitrogens with zero attached hydrogens (tertiary/aromatic N) is 1. The van der Waals surface area contributed by atoms with Crippen LogP contribution in [-0.2, 0) is 6.18 Å². The van der Waals surface area contributed by atoms with Crippen LogP contribution in [0.25, 0.3) is 0 Å². The Morgan fingerprint density at radius 3 is 2.35 bits per heavy atom. The van der Waals surface area contributed by atoms with E-state index in [4.69, 9.17) is 10.00 Å². The Kier molecular flexibility index (Phi) is 3.53. The molecule has 2 aromatic rings. The molecule has 0 unspecified atom stereocenters. The van der Waals surface area contributed by atoms with E-state index in [1.54, 1.807) is 0 Å². The molecule has 0 aliphatic carbocycles. The molecule has 0 heterocycles. The molecule has 20 heavy (non-hydrogen) atoms. The molecule has 0 saturated carbocycles. The fraction of sp³-hybridized carbons (Fsp3) is 0.0714. The molecule has 0 aromatic heterocycles. The zero-order valence-electron chi connectivity index (χ0n) is 9.98. The third-order valence-electron chi connectivity index (χ3n) is 2.47. The largest absolute Gasteiger partial charge is 0.508 e. The van der Waals surface area contributed by atoms with E-state index in [0.29, 0.717) is 0 Å². The number of ether oxygens (including phenoxy) is 1. The van der Waals surface area contributed by atoms with Gasteiger partial charge in [0.2, 0.25) is 0 Å². The predicted molar refractivity (Wildman–Crippen MR) is 64.3 cm³/mol. The summed E-state index contributed by atoms with van der Waals surface area (Å²) in [5, 5.41) is 18.0. The first-order chi connectivity index (χ1) is 9.40. The van der Waals surface area contributed by atoms with Crippen LogP contribution in [0.5, 0.6) is 17.2 Å². The van der Waals surface area contributed by atoms with Gasteiger partial charge in [-0.2, -0.15) is 18.4 Å². The average Bonchev–Trinajstić information content (AvgIpc) is 2.37. The lowest BCUT2D eigenvalue weighted by Gasteiger charge is -2.11. The van der Waals surface area contributed by atoms with Gasteiger partial charge in [0.25, 0.3) is 0 Å².